The fourth-order valence-corrected chi connectivity index (χ4v) is 3.00. The molecule has 3 rings (SSSR count). The third-order valence-electron chi connectivity index (χ3n) is 4.22. The summed E-state index contributed by atoms with van der Waals surface area (Å²) in [6.45, 7) is 1.80. The van der Waals surface area contributed by atoms with E-state index in [-0.39, 0.29) is 24.1 Å². The maximum Gasteiger partial charge on any atom is 0.267 e. The number of piperidine rings is 2. The Balaban J connectivity index is 1.69. The normalized spacial score (nSPS) is 23.2. The molecule has 0 bridgehead atoms. The standard InChI is InChI=1S/C16H19FN2O3/c17-13-9-11(22-14-3-4-15(20)19-16(14)21)1-2-12(13)10-5-7-18-8-6-10/h1-2,9-10,14,18H,3-8H2,(H,19,20,21). The van der Waals surface area contributed by atoms with Crippen LogP contribution in [0.3, 0.4) is 0 Å². The van der Waals surface area contributed by atoms with Crippen LogP contribution in [0.5, 0.6) is 5.75 Å². The molecule has 2 aliphatic rings. The van der Waals surface area contributed by atoms with Gasteiger partial charge in [0.2, 0.25) is 5.91 Å². The van der Waals surface area contributed by atoms with Gasteiger partial charge in [0, 0.05) is 18.9 Å². The zero-order valence-electron chi connectivity index (χ0n) is 12.2. The van der Waals surface area contributed by atoms with Crippen LogP contribution in [0.1, 0.15) is 37.2 Å². The number of halogens is 1. The highest BCUT2D eigenvalue weighted by atomic mass is 19.1. The molecule has 1 unspecified atom stereocenters. The van der Waals surface area contributed by atoms with Crippen molar-refractivity contribution in [1.82, 2.24) is 10.6 Å². The van der Waals surface area contributed by atoms with E-state index in [1.165, 1.54) is 6.07 Å². The van der Waals surface area contributed by atoms with Crippen LogP contribution >= 0.6 is 0 Å². The fraction of sp³-hybridized carbons (Fsp3) is 0.500. The molecule has 2 saturated heterocycles. The summed E-state index contributed by atoms with van der Waals surface area (Å²) in [5.74, 6) is -0.497. The molecule has 1 aromatic carbocycles. The van der Waals surface area contributed by atoms with Gasteiger partial charge in [0.1, 0.15) is 11.6 Å². The van der Waals surface area contributed by atoms with Crippen LogP contribution in [0.2, 0.25) is 0 Å². The Kier molecular flexibility index (Phi) is 4.38. The molecule has 2 heterocycles. The quantitative estimate of drug-likeness (QED) is 0.830. The van der Waals surface area contributed by atoms with Gasteiger partial charge in [0.25, 0.3) is 5.91 Å². The zero-order valence-corrected chi connectivity index (χ0v) is 12.2. The lowest BCUT2D eigenvalue weighted by atomic mass is 9.90. The Labute approximate surface area is 128 Å². The van der Waals surface area contributed by atoms with Gasteiger partial charge in [-0.05, 0) is 43.5 Å². The average molecular weight is 306 g/mol. The summed E-state index contributed by atoms with van der Waals surface area (Å²) in [7, 11) is 0. The summed E-state index contributed by atoms with van der Waals surface area (Å²) in [6, 6.07) is 4.78. The van der Waals surface area contributed by atoms with Gasteiger partial charge in [0.05, 0.1) is 0 Å². The first-order chi connectivity index (χ1) is 10.6. The van der Waals surface area contributed by atoms with E-state index in [0.717, 1.165) is 25.9 Å². The third-order valence-corrected chi connectivity index (χ3v) is 4.22. The fourth-order valence-electron chi connectivity index (χ4n) is 3.00. The summed E-state index contributed by atoms with van der Waals surface area (Å²) in [6.07, 6.45) is 1.67. The highest BCUT2D eigenvalue weighted by molar-refractivity contribution is 5.99. The van der Waals surface area contributed by atoms with Crippen LogP contribution in [0.4, 0.5) is 4.39 Å². The summed E-state index contributed by atoms with van der Waals surface area (Å²) < 4.78 is 19.8. The van der Waals surface area contributed by atoms with Crippen molar-refractivity contribution in [3.63, 3.8) is 0 Å². The number of nitrogens with one attached hydrogen (secondary N) is 2. The van der Waals surface area contributed by atoms with Crippen molar-refractivity contribution >= 4 is 11.8 Å². The zero-order chi connectivity index (χ0) is 15.5. The first-order valence-electron chi connectivity index (χ1n) is 7.64. The van der Waals surface area contributed by atoms with E-state index in [4.69, 9.17) is 4.74 Å². The number of ether oxygens (including phenoxy) is 1. The Morgan fingerprint density at radius 3 is 2.59 bits per heavy atom. The minimum atomic E-state index is -0.734. The topological polar surface area (TPSA) is 67.4 Å². The van der Waals surface area contributed by atoms with E-state index < -0.39 is 12.0 Å². The van der Waals surface area contributed by atoms with E-state index in [1.807, 2.05) is 0 Å². The number of rotatable bonds is 3. The molecular formula is C16H19FN2O3. The molecule has 22 heavy (non-hydrogen) atoms. The van der Waals surface area contributed by atoms with Gasteiger partial charge in [-0.15, -0.1) is 0 Å². The number of carbonyl (C=O) groups excluding carboxylic acids is 2. The molecule has 5 nitrogen and oxygen atoms in total. The number of amides is 2. The Hall–Kier alpha value is -1.95. The molecule has 1 atom stereocenters. The summed E-state index contributed by atoms with van der Waals surface area (Å²) in [4.78, 5) is 22.7. The van der Waals surface area contributed by atoms with Crippen molar-refractivity contribution in [2.75, 3.05) is 13.1 Å². The summed E-state index contributed by atoms with van der Waals surface area (Å²) in [5.41, 5.74) is 0.706. The maximum atomic E-state index is 14.3. The molecule has 2 N–H and O–H groups in total. The van der Waals surface area contributed by atoms with Gasteiger partial charge >= 0.3 is 0 Å². The van der Waals surface area contributed by atoms with Gasteiger partial charge in [0.15, 0.2) is 6.10 Å². The molecule has 2 amide bonds. The molecule has 118 valence electrons. The molecule has 0 spiro atoms. The first-order valence-corrected chi connectivity index (χ1v) is 7.64. The number of hydrogen-bond acceptors (Lipinski definition) is 4. The van der Waals surface area contributed by atoms with Crippen LogP contribution in [0, 0.1) is 5.82 Å². The van der Waals surface area contributed by atoms with Crippen LogP contribution in [-0.4, -0.2) is 31.0 Å². The first kappa shape index (κ1) is 15.0. The number of benzene rings is 1. The molecule has 6 heteroatoms. The van der Waals surface area contributed by atoms with Crippen molar-refractivity contribution in [2.45, 2.75) is 37.7 Å². The lowest BCUT2D eigenvalue weighted by Gasteiger charge is -2.24. The lowest BCUT2D eigenvalue weighted by Crippen LogP contribution is -2.46. The number of carbonyl (C=O) groups is 2. The van der Waals surface area contributed by atoms with E-state index >= 15 is 0 Å². The van der Waals surface area contributed by atoms with E-state index in [2.05, 4.69) is 10.6 Å². The van der Waals surface area contributed by atoms with Gasteiger partial charge in [-0.3, -0.25) is 14.9 Å². The number of hydrogen-bond donors (Lipinski definition) is 2. The molecule has 0 aromatic heterocycles. The van der Waals surface area contributed by atoms with Crippen molar-refractivity contribution in [3.05, 3.63) is 29.6 Å². The minimum absolute atomic E-state index is 0.228. The summed E-state index contributed by atoms with van der Waals surface area (Å²) >= 11 is 0. The largest absolute Gasteiger partial charge is 0.480 e. The lowest BCUT2D eigenvalue weighted by molar-refractivity contribution is -0.138. The predicted octanol–water partition coefficient (Wildman–Crippen LogP) is 1.48. The van der Waals surface area contributed by atoms with Gasteiger partial charge < -0.3 is 10.1 Å². The van der Waals surface area contributed by atoms with Crippen LogP contribution < -0.4 is 15.4 Å². The second-order valence-corrected chi connectivity index (χ2v) is 5.77. The molecule has 2 aliphatic heterocycles. The van der Waals surface area contributed by atoms with E-state index in [1.54, 1.807) is 12.1 Å². The summed E-state index contributed by atoms with van der Waals surface area (Å²) in [5, 5.41) is 5.48. The van der Waals surface area contributed by atoms with E-state index in [0.29, 0.717) is 17.7 Å². The van der Waals surface area contributed by atoms with Crippen molar-refractivity contribution in [1.29, 1.82) is 0 Å². The number of imide groups is 1. The third kappa shape index (κ3) is 3.27. The van der Waals surface area contributed by atoms with Crippen molar-refractivity contribution in [2.24, 2.45) is 0 Å². The Morgan fingerprint density at radius 2 is 1.91 bits per heavy atom. The van der Waals surface area contributed by atoms with Gasteiger partial charge in [-0.25, -0.2) is 4.39 Å². The van der Waals surface area contributed by atoms with Crippen molar-refractivity contribution in [3.8, 4) is 5.75 Å². The Morgan fingerprint density at radius 1 is 1.14 bits per heavy atom. The Bertz CT molecular complexity index is 585. The highest BCUT2D eigenvalue weighted by Crippen LogP contribution is 2.30. The molecular weight excluding hydrogens is 287 g/mol. The molecule has 0 radical (unpaired) electrons. The second-order valence-electron chi connectivity index (χ2n) is 5.77. The molecule has 1 aromatic rings. The maximum absolute atomic E-state index is 14.3. The smallest absolute Gasteiger partial charge is 0.267 e. The SMILES string of the molecule is O=C1CCC(Oc2ccc(C3CCNCC3)c(F)c2)C(=O)N1. The predicted molar refractivity (Wildman–Crippen MR) is 78.0 cm³/mol. The van der Waals surface area contributed by atoms with Gasteiger partial charge in [-0.2, -0.15) is 0 Å². The van der Waals surface area contributed by atoms with Crippen LogP contribution in [0.25, 0.3) is 0 Å². The molecule has 0 aliphatic carbocycles. The van der Waals surface area contributed by atoms with E-state index in [9.17, 15) is 14.0 Å². The van der Waals surface area contributed by atoms with Crippen LogP contribution in [0.15, 0.2) is 18.2 Å². The molecule has 0 saturated carbocycles. The van der Waals surface area contributed by atoms with Crippen LogP contribution in [-0.2, 0) is 9.59 Å². The molecule has 2 fully saturated rings. The minimum Gasteiger partial charge on any atom is -0.480 e. The highest BCUT2D eigenvalue weighted by Gasteiger charge is 2.28. The van der Waals surface area contributed by atoms with Crippen molar-refractivity contribution < 1.29 is 18.7 Å². The second kappa shape index (κ2) is 6.44. The average Bonchev–Trinajstić information content (AvgIpc) is 2.51. The monoisotopic (exact) mass is 306 g/mol. The van der Waals surface area contributed by atoms with Gasteiger partial charge in [-0.1, -0.05) is 6.07 Å².